The zero-order chi connectivity index (χ0) is 13.7. The van der Waals surface area contributed by atoms with Crippen LogP contribution in [0.1, 0.15) is 34.3 Å². The summed E-state index contributed by atoms with van der Waals surface area (Å²) >= 11 is 5.96. The molecule has 19 heavy (non-hydrogen) atoms. The average Bonchev–Trinajstić information content (AvgIpc) is 2.43. The van der Waals surface area contributed by atoms with Crippen molar-refractivity contribution in [3.8, 4) is 0 Å². The second kappa shape index (κ2) is 6.53. The fourth-order valence-corrected chi connectivity index (χ4v) is 2.18. The van der Waals surface area contributed by atoms with Crippen LogP contribution in [-0.2, 0) is 6.42 Å². The van der Waals surface area contributed by atoms with Crippen LogP contribution >= 0.6 is 11.6 Å². The highest BCUT2D eigenvalue weighted by atomic mass is 35.5. The van der Waals surface area contributed by atoms with Crippen LogP contribution in [0.25, 0.3) is 0 Å². The van der Waals surface area contributed by atoms with Crippen LogP contribution in [0.5, 0.6) is 0 Å². The number of carbonyl (C=O) groups is 1. The first-order valence-electron chi connectivity index (χ1n) is 6.50. The van der Waals surface area contributed by atoms with Gasteiger partial charge < -0.3 is 0 Å². The molecule has 0 fully saturated rings. The van der Waals surface area contributed by atoms with Gasteiger partial charge in [-0.25, -0.2) is 0 Å². The summed E-state index contributed by atoms with van der Waals surface area (Å²) in [6.07, 6.45) is 2.40. The van der Waals surface area contributed by atoms with E-state index in [2.05, 4.69) is 12.1 Å². The number of aryl methyl sites for hydroxylation is 2. The normalized spacial score (nSPS) is 10.4. The zero-order valence-electron chi connectivity index (χ0n) is 11.0. The van der Waals surface area contributed by atoms with Gasteiger partial charge >= 0.3 is 0 Å². The van der Waals surface area contributed by atoms with Crippen LogP contribution in [0, 0.1) is 6.92 Å². The van der Waals surface area contributed by atoms with Crippen molar-refractivity contribution in [1.29, 1.82) is 0 Å². The maximum Gasteiger partial charge on any atom is 0.162 e. The first-order chi connectivity index (χ1) is 9.16. The lowest BCUT2D eigenvalue weighted by Gasteiger charge is -2.04. The number of ketones is 1. The Labute approximate surface area is 119 Å². The number of hydrogen-bond donors (Lipinski definition) is 0. The second-order valence-corrected chi connectivity index (χ2v) is 5.13. The second-order valence-electron chi connectivity index (χ2n) is 4.73. The minimum absolute atomic E-state index is 0.190. The summed E-state index contributed by atoms with van der Waals surface area (Å²) in [5.41, 5.74) is 2.99. The van der Waals surface area contributed by atoms with Gasteiger partial charge in [-0.05, 0) is 49.1 Å². The monoisotopic (exact) mass is 272 g/mol. The van der Waals surface area contributed by atoms with Gasteiger partial charge in [-0.3, -0.25) is 4.79 Å². The molecule has 0 N–H and O–H groups in total. The van der Waals surface area contributed by atoms with E-state index in [-0.39, 0.29) is 5.78 Å². The first-order valence-corrected chi connectivity index (χ1v) is 6.88. The zero-order valence-corrected chi connectivity index (χ0v) is 11.8. The lowest BCUT2D eigenvalue weighted by molar-refractivity contribution is 0.0980. The van der Waals surface area contributed by atoms with Crippen LogP contribution in [0.15, 0.2) is 48.5 Å². The number of halogens is 1. The smallest absolute Gasteiger partial charge is 0.162 e. The van der Waals surface area contributed by atoms with Crippen LogP contribution in [0.3, 0.4) is 0 Å². The Hall–Kier alpha value is -1.60. The number of Topliss-reactive ketones (excluding diaryl/α,β-unsaturated/α-hetero) is 1. The Balaban J connectivity index is 1.89. The van der Waals surface area contributed by atoms with Crippen LogP contribution < -0.4 is 0 Å². The van der Waals surface area contributed by atoms with E-state index in [0.717, 1.165) is 24.0 Å². The highest BCUT2D eigenvalue weighted by Gasteiger charge is 2.07. The Morgan fingerprint density at radius 2 is 1.84 bits per heavy atom. The summed E-state index contributed by atoms with van der Waals surface area (Å²) in [6.45, 7) is 1.92. The maximum atomic E-state index is 12.1. The molecule has 0 aliphatic rings. The van der Waals surface area contributed by atoms with E-state index in [1.165, 1.54) is 5.56 Å². The van der Waals surface area contributed by atoms with Gasteiger partial charge in [-0.1, -0.05) is 41.9 Å². The van der Waals surface area contributed by atoms with Crippen molar-refractivity contribution in [2.45, 2.75) is 26.2 Å². The average molecular weight is 273 g/mol. The summed E-state index contributed by atoms with van der Waals surface area (Å²) in [7, 11) is 0. The minimum atomic E-state index is 0.190. The maximum absolute atomic E-state index is 12.1. The van der Waals surface area contributed by atoms with Crippen LogP contribution in [0.2, 0.25) is 5.02 Å². The number of benzene rings is 2. The molecule has 0 amide bonds. The van der Waals surface area contributed by atoms with E-state index in [0.29, 0.717) is 11.4 Å². The largest absolute Gasteiger partial charge is 0.294 e. The van der Waals surface area contributed by atoms with Crippen molar-refractivity contribution < 1.29 is 4.79 Å². The molecular weight excluding hydrogens is 256 g/mol. The van der Waals surface area contributed by atoms with Gasteiger partial charge in [-0.2, -0.15) is 0 Å². The molecule has 1 nitrogen and oxygen atoms in total. The van der Waals surface area contributed by atoms with Crippen LogP contribution in [0.4, 0.5) is 0 Å². The van der Waals surface area contributed by atoms with Gasteiger partial charge in [0.15, 0.2) is 5.78 Å². The van der Waals surface area contributed by atoms with E-state index >= 15 is 0 Å². The quantitative estimate of drug-likeness (QED) is 0.711. The van der Waals surface area contributed by atoms with Gasteiger partial charge in [0.1, 0.15) is 0 Å². The van der Waals surface area contributed by atoms with Crippen molar-refractivity contribution in [3.63, 3.8) is 0 Å². The third-order valence-electron chi connectivity index (χ3n) is 3.19. The molecule has 0 aromatic heterocycles. The number of hydrogen-bond acceptors (Lipinski definition) is 1. The molecule has 0 spiro atoms. The minimum Gasteiger partial charge on any atom is -0.294 e. The molecule has 0 radical (unpaired) electrons. The molecule has 2 rings (SSSR count). The van der Waals surface area contributed by atoms with Crippen molar-refractivity contribution in [2.24, 2.45) is 0 Å². The van der Waals surface area contributed by atoms with E-state index in [1.54, 1.807) is 12.1 Å². The third kappa shape index (κ3) is 3.93. The fourth-order valence-electron chi connectivity index (χ4n) is 2.06. The van der Waals surface area contributed by atoms with Gasteiger partial charge in [0.05, 0.1) is 0 Å². The Morgan fingerprint density at radius 1 is 1.11 bits per heavy atom. The molecule has 0 saturated heterocycles. The molecule has 2 aromatic rings. The molecular formula is C17H17ClO. The van der Waals surface area contributed by atoms with Crippen LogP contribution in [-0.4, -0.2) is 5.78 Å². The van der Waals surface area contributed by atoms with Crippen molar-refractivity contribution in [1.82, 2.24) is 0 Å². The number of carbonyl (C=O) groups excluding carboxylic acids is 1. The van der Waals surface area contributed by atoms with Crippen molar-refractivity contribution in [2.75, 3.05) is 0 Å². The molecule has 2 heteroatoms. The summed E-state index contributed by atoms with van der Waals surface area (Å²) < 4.78 is 0. The summed E-state index contributed by atoms with van der Waals surface area (Å²) in [6, 6.07) is 15.7. The van der Waals surface area contributed by atoms with E-state index in [1.807, 2.05) is 31.2 Å². The van der Waals surface area contributed by atoms with E-state index < -0.39 is 0 Å². The van der Waals surface area contributed by atoms with E-state index in [9.17, 15) is 4.79 Å². The first kappa shape index (κ1) is 13.8. The molecule has 98 valence electrons. The molecule has 0 bridgehead atoms. The predicted octanol–water partition coefficient (Wildman–Crippen LogP) is 4.85. The van der Waals surface area contributed by atoms with Crippen molar-refractivity contribution >= 4 is 17.4 Å². The Bertz CT molecular complexity index is 561. The molecule has 0 unspecified atom stereocenters. The van der Waals surface area contributed by atoms with Gasteiger partial charge in [0.2, 0.25) is 0 Å². The van der Waals surface area contributed by atoms with Gasteiger partial charge in [0.25, 0.3) is 0 Å². The lowest BCUT2D eigenvalue weighted by Crippen LogP contribution is -2.00. The highest BCUT2D eigenvalue weighted by Crippen LogP contribution is 2.18. The molecule has 2 aromatic carbocycles. The summed E-state index contributed by atoms with van der Waals surface area (Å²) in [5, 5.41) is 0.709. The standard InChI is InChI=1S/C17H17ClO/c1-13-12-15(10-11-16(13)18)17(19)9-5-8-14-6-3-2-4-7-14/h2-4,6-7,10-12H,5,8-9H2,1H3. The molecule has 0 atom stereocenters. The SMILES string of the molecule is Cc1cc(C(=O)CCCc2ccccc2)ccc1Cl. The molecule has 0 saturated carbocycles. The Morgan fingerprint density at radius 3 is 2.53 bits per heavy atom. The molecule has 0 heterocycles. The van der Waals surface area contributed by atoms with E-state index in [4.69, 9.17) is 11.6 Å². The molecule has 0 aliphatic carbocycles. The Kier molecular flexibility index (Phi) is 4.75. The van der Waals surface area contributed by atoms with Crippen molar-refractivity contribution in [3.05, 3.63) is 70.2 Å². The summed E-state index contributed by atoms with van der Waals surface area (Å²) in [4.78, 5) is 12.1. The fraction of sp³-hybridized carbons (Fsp3) is 0.235. The summed E-state index contributed by atoms with van der Waals surface area (Å²) in [5.74, 6) is 0.190. The molecule has 0 aliphatic heterocycles. The van der Waals surface area contributed by atoms with Gasteiger partial charge in [0, 0.05) is 17.0 Å². The third-order valence-corrected chi connectivity index (χ3v) is 3.62. The highest BCUT2D eigenvalue weighted by molar-refractivity contribution is 6.31. The number of rotatable bonds is 5. The van der Waals surface area contributed by atoms with Gasteiger partial charge in [-0.15, -0.1) is 0 Å². The lowest BCUT2D eigenvalue weighted by atomic mass is 10.0. The predicted molar refractivity (Wildman–Crippen MR) is 79.9 cm³/mol. The topological polar surface area (TPSA) is 17.1 Å².